The second-order valence-corrected chi connectivity index (χ2v) is 4.82. The number of nitrogens with zero attached hydrogens (tertiary/aromatic N) is 3. The fraction of sp³-hybridized carbons (Fsp3) is 0.467. The number of guanidine groups is 1. The van der Waals surface area contributed by atoms with Gasteiger partial charge in [-0.2, -0.15) is 0 Å². The number of ether oxygens (including phenoxy) is 1. The van der Waals surface area contributed by atoms with E-state index in [1.165, 1.54) is 0 Å². The number of aliphatic imine (C=N–C) groups is 1. The fourth-order valence-corrected chi connectivity index (χ4v) is 1.81. The Bertz CT molecular complexity index is 455. The number of hydrogen-bond acceptors (Lipinski definition) is 3. The van der Waals surface area contributed by atoms with Crippen molar-refractivity contribution in [2.75, 3.05) is 34.8 Å². The van der Waals surface area contributed by atoms with Crippen LogP contribution in [0.25, 0.3) is 0 Å². The van der Waals surface area contributed by atoms with Crippen LogP contribution in [0.15, 0.2) is 29.3 Å². The average molecular weight is 277 g/mol. The zero-order valence-corrected chi connectivity index (χ0v) is 12.9. The lowest BCUT2D eigenvalue weighted by atomic mass is 10.1. The number of carbonyl (C=O) groups excluding carboxylic acids is 1. The Kier molecular flexibility index (Phi) is 6.03. The van der Waals surface area contributed by atoms with E-state index in [1.807, 2.05) is 50.1 Å². The molecule has 0 heterocycles. The monoisotopic (exact) mass is 277 g/mol. The van der Waals surface area contributed by atoms with Crippen molar-refractivity contribution in [2.45, 2.75) is 13.5 Å². The predicted molar refractivity (Wildman–Crippen MR) is 80.9 cm³/mol. The minimum absolute atomic E-state index is 0.287. The molecule has 0 saturated heterocycles. The van der Waals surface area contributed by atoms with Gasteiger partial charge in [0.1, 0.15) is 0 Å². The van der Waals surface area contributed by atoms with Crippen molar-refractivity contribution in [3.05, 3.63) is 35.4 Å². The molecule has 0 amide bonds. The Hall–Kier alpha value is -2.04. The molecule has 0 aliphatic carbocycles. The van der Waals surface area contributed by atoms with Crippen molar-refractivity contribution in [1.82, 2.24) is 9.80 Å². The minimum atomic E-state index is -0.287. The molecule has 20 heavy (non-hydrogen) atoms. The van der Waals surface area contributed by atoms with Crippen LogP contribution in [0, 0.1) is 0 Å². The average Bonchev–Trinajstić information content (AvgIpc) is 2.39. The summed E-state index contributed by atoms with van der Waals surface area (Å²) in [7, 11) is 7.84. The molecule has 0 unspecified atom stereocenters. The lowest BCUT2D eigenvalue weighted by Crippen LogP contribution is -2.35. The van der Waals surface area contributed by atoms with Gasteiger partial charge < -0.3 is 14.5 Å². The van der Waals surface area contributed by atoms with E-state index in [2.05, 4.69) is 4.99 Å². The van der Waals surface area contributed by atoms with Crippen molar-refractivity contribution in [2.24, 2.45) is 4.99 Å². The molecule has 0 spiro atoms. The lowest BCUT2D eigenvalue weighted by Gasteiger charge is -2.22. The normalized spacial score (nSPS) is 9.85. The van der Waals surface area contributed by atoms with Crippen LogP contribution in [-0.2, 0) is 11.3 Å². The van der Waals surface area contributed by atoms with Gasteiger partial charge >= 0.3 is 5.97 Å². The summed E-state index contributed by atoms with van der Waals surface area (Å²) in [4.78, 5) is 20.0. The molecule has 0 fully saturated rings. The Morgan fingerprint density at radius 2 is 1.65 bits per heavy atom. The van der Waals surface area contributed by atoms with Gasteiger partial charge in [0.05, 0.1) is 18.7 Å². The maximum Gasteiger partial charge on any atom is 0.338 e. The van der Waals surface area contributed by atoms with Gasteiger partial charge in [0.25, 0.3) is 0 Å². The second kappa shape index (κ2) is 7.53. The van der Waals surface area contributed by atoms with Gasteiger partial charge in [-0.1, -0.05) is 12.1 Å². The van der Waals surface area contributed by atoms with E-state index in [-0.39, 0.29) is 5.97 Å². The van der Waals surface area contributed by atoms with Crippen molar-refractivity contribution >= 4 is 11.9 Å². The topological polar surface area (TPSA) is 45.1 Å². The van der Waals surface area contributed by atoms with E-state index >= 15 is 0 Å². The molecular weight excluding hydrogens is 254 g/mol. The maximum atomic E-state index is 11.5. The third kappa shape index (κ3) is 4.57. The van der Waals surface area contributed by atoms with E-state index in [9.17, 15) is 4.79 Å². The van der Waals surface area contributed by atoms with Crippen LogP contribution in [0.2, 0.25) is 0 Å². The first-order chi connectivity index (χ1) is 9.45. The lowest BCUT2D eigenvalue weighted by molar-refractivity contribution is 0.0526. The van der Waals surface area contributed by atoms with Crippen molar-refractivity contribution < 1.29 is 9.53 Å². The first-order valence-electron chi connectivity index (χ1n) is 6.60. The van der Waals surface area contributed by atoms with Gasteiger partial charge in [-0.3, -0.25) is 0 Å². The van der Waals surface area contributed by atoms with Crippen LogP contribution in [0.3, 0.4) is 0 Å². The van der Waals surface area contributed by atoms with Gasteiger partial charge in [-0.25, -0.2) is 9.79 Å². The number of hydrogen-bond donors (Lipinski definition) is 0. The predicted octanol–water partition coefficient (Wildman–Crippen LogP) is 1.84. The molecule has 0 radical (unpaired) electrons. The van der Waals surface area contributed by atoms with Gasteiger partial charge in [0.2, 0.25) is 0 Å². The maximum absolute atomic E-state index is 11.5. The highest BCUT2D eigenvalue weighted by atomic mass is 16.5. The van der Waals surface area contributed by atoms with E-state index in [0.717, 1.165) is 11.5 Å². The summed E-state index contributed by atoms with van der Waals surface area (Å²) >= 11 is 0. The molecule has 1 aromatic carbocycles. The standard InChI is InChI=1S/C15H23N3O2/c1-6-20-14(19)13-9-7-12(8-10-13)11-16-15(17(2)3)18(4)5/h7-10H,6,11H2,1-5H3. The Morgan fingerprint density at radius 3 is 2.10 bits per heavy atom. The molecule has 110 valence electrons. The van der Waals surface area contributed by atoms with Crippen LogP contribution >= 0.6 is 0 Å². The van der Waals surface area contributed by atoms with E-state index < -0.39 is 0 Å². The molecule has 1 rings (SSSR count). The van der Waals surface area contributed by atoms with Crippen molar-refractivity contribution in [3.63, 3.8) is 0 Å². The third-order valence-electron chi connectivity index (χ3n) is 2.67. The molecule has 5 nitrogen and oxygen atoms in total. The molecule has 0 atom stereocenters. The summed E-state index contributed by atoms with van der Waals surface area (Å²) in [5.41, 5.74) is 1.62. The van der Waals surface area contributed by atoms with Crippen molar-refractivity contribution in [3.8, 4) is 0 Å². The molecule has 0 aromatic heterocycles. The molecule has 5 heteroatoms. The molecule has 1 aromatic rings. The Morgan fingerprint density at radius 1 is 1.10 bits per heavy atom. The van der Waals surface area contributed by atoms with Gasteiger partial charge in [0.15, 0.2) is 5.96 Å². The molecule has 0 N–H and O–H groups in total. The summed E-state index contributed by atoms with van der Waals surface area (Å²) in [5, 5.41) is 0. The van der Waals surface area contributed by atoms with E-state index in [1.54, 1.807) is 19.1 Å². The largest absolute Gasteiger partial charge is 0.462 e. The number of carbonyl (C=O) groups is 1. The summed E-state index contributed by atoms with van der Waals surface area (Å²) in [6.07, 6.45) is 0. The quantitative estimate of drug-likeness (QED) is 0.478. The van der Waals surface area contributed by atoms with Crippen LogP contribution in [0.1, 0.15) is 22.8 Å². The second-order valence-electron chi connectivity index (χ2n) is 4.82. The zero-order chi connectivity index (χ0) is 15.1. The van der Waals surface area contributed by atoms with Crippen LogP contribution < -0.4 is 0 Å². The number of benzene rings is 1. The first-order valence-corrected chi connectivity index (χ1v) is 6.60. The molecule has 0 saturated carbocycles. The summed E-state index contributed by atoms with van der Waals surface area (Å²) in [6.45, 7) is 2.76. The van der Waals surface area contributed by atoms with E-state index in [4.69, 9.17) is 4.74 Å². The Labute approximate surface area is 120 Å². The molecule has 0 aliphatic heterocycles. The van der Waals surface area contributed by atoms with Gasteiger partial charge in [0, 0.05) is 28.2 Å². The smallest absolute Gasteiger partial charge is 0.338 e. The van der Waals surface area contributed by atoms with Gasteiger partial charge in [-0.15, -0.1) is 0 Å². The SMILES string of the molecule is CCOC(=O)c1ccc(CN=C(N(C)C)N(C)C)cc1. The summed E-state index contributed by atoms with van der Waals surface area (Å²) in [6, 6.07) is 7.35. The summed E-state index contributed by atoms with van der Waals surface area (Å²) < 4.78 is 4.95. The van der Waals surface area contributed by atoms with Crippen LogP contribution in [0.5, 0.6) is 0 Å². The van der Waals surface area contributed by atoms with Crippen LogP contribution in [0.4, 0.5) is 0 Å². The van der Waals surface area contributed by atoms with Gasteiger partial charge in [-0.05, 0) is 24.6 Å². The van der Waals surface area contributed by atoms with Crippen LogP contribution in [-0.4, -0.2) is 56.5 Å². The number of esters is 1. The molecule has 0 bridgehead atoms. The zero-order valence-electron chi connectivity index (χ0n) is 12.9. The summed E-state index contributed by atoms with van der Waals surface area (Å²) in [5.74, 6) is 0.615. The third-order valence-corrected chi connectivity index (χ3v) is 2.67. The fourth-order valence-electron chi connectivity index (χ4n) is 1.81. The molecular formula is C15H23N3O2. The highest BCUT2D eigenvalue weighted by Crippen LogP contribution is 2.08. The number of rotatable bonds is 4. The minimum Gasteiger partial charge on any atom is -0.462 e. The first kappa shape index (κ1) is 16.0. The highest BCUT2D eigenvalue weighted by molar-refractivity contribution is 5.89. The Balaban J connectivity index is 2.75. The van der Waals surface area contributed by atoms with E-state index in [0.29, 0.717) is 18.7 Å². The highest BCUT2D eigenvalue weighted by Gasteiger charge is 2.06. The van der Waals surface area contributed by atoms with Crippen molar-refractivity contribution in [1.29, 1.82) is 0 Å². The molecule has 0 aliphatic rings.